The van der Waals surface area contributed by atoms with Gasteiger partial charge in [-0.15, -0.1) is 0 Å². The van der Waals surface area contributed by atoms with Crippen LogP contribution in [-0.4, -0.2) is 23.3 Å². The number of hydrogen-bond acceptors (Lipinski definition) is 5. The largest absolute Gasteiger partial charge is 0.494 e. The number of ether oxygens (including phenoxy) is 1. The van der Waals surface area contributed by atoms with Crippen LogP contribution in [0, 0.1) is 17.0 Å². The highest BCUT2D eigenvalue weighted by molar-refractivity contribution is 6.07. The van der Waals surface area contributed by atoms with Gasteiger partial charge in [-0.2, -0.15) is 0 Å². The van der Waals surface area contributed by atoms with Gasteiger partial charge in [0.25, 0.3) is 17.5 Å². The van der Waals surface area contributed by atoms with E-state index in [0.717, 1.165) is 5.75 Å². The standard InChI is InChI=1S/C23H21N3O5/c1-3-31-19-13-11-18(12-14-19)24-22(27)16-7-9-17(10-8-16)25-23(28)20-5-4-6-21(15(20)2)26(29)30/h4-14H,3H2,1-2H3,(H,24,27)(H,25,28). The third kappa shape index (κ3) is 5.24. The van der Waals surface area contributed by atoms with Gasteiger partial charge in [0.05, 0.1) is 11.5 Å². The molecule has 3 aromatic rings. The summed E-state index contributed by atoms with van der Waals surface area (Å²) in [6, 6.07) is 17.7. The maximum atomic E-state index is 12.5. The highest BCUT2D eigenvalue weighted by atomic mass is 16.6. The van der Waals surface area contributed by atoms with Crippen LogP contribution < -0.4 is 15.4 Å². The highest BCUT2D eigenvalue weighted by Crippen LogP contribution is 2.22. The van der Waals surface area contributed by atoms with Gasteiger partial charge >= 0.3 is 0 Å². The molecule has 0 aliphatic heterocycles. The molecule has 0 saturated carbocycles. The molecule has 0 unspecified atom stereocenters. The van der Waals surface area contributed by atoms with Crippen molar-refractivity contribution in [3.63, 3.8) is 0 Å². The molecule has 0 atom stereocenters. The summed E-state index contributed by atoms with van der Waals surface area (Å²) in [4.78, 5) is 35.5. The van der Waals surface area contributed by atoms with Gasteiger partial charge in [0, 0.05) is 34.1 Å². The zero-order valence-electron chi connectivity index (χ0n) is 17.0. The van der Waals surface area contributed by atoms with Crippen LogP contribution in [0.5, 0.6) is 5.75 Å². The average molecular weight is 419 g/mol. The van der Waals surface area contributed by atoms with Crippen molar-refractivity contribution < 1.29 is 19.2 Å². The van der Waals surface area contributed by atoms with Gasteiger partial charge in [-0.05, 0) is 68.4 Å². The quantitative estimate of drug-likeness (QED) is 0.422. The summed E-state index contributed by atoms with van der Waals surface area (Å²) in [5.41, 5.74) is 1.90. The minimum absolute atomic E-state index is 0.117. The Balaban J connectivity index is 1.66. The van der Waals surface area contributed by atoms with Crippen LogP contribution in [0.3, 0.4) is 0 Å². The lowest BCUT2D eigenvalue weighted by Gasteiger charge is -2.10. The molecule has 0 saturated heterocycles. The summed E-state index contributed by atoms with van der Waals surface area (Å²) in [5, 5.41) is 16.5. The predicted octanol–water partition coefficient (Wildman–Crippen LogP) is 4.81. The third-order valence-electron chi connectivity index (χ3n) is 4.57. The van der Waals surface area contributed by atoms with Gasteiger partial charge in [0.15, 0.2) is 0 Å². The van der Waals surface area contributed by atoms with E-state index in [2.05, 4.69) is 10.6 Å². The molecule has 158 valence electrons. The molecular weight excluding hydrogens is 398 g/mol. The van der Waals surface area contributed by atoms with Gasteiger partial charge < -0.3 is 15.4 Å². The first kappa shape index (κ1) is 21.5. The van der Waals surface area contributed by atoms with Crippen LogP contribution in [0.2, 0.25) is 0 Å². The number of anilines is 2. The Labute approximate surface area is 179 Å². The molecule has 0 aliphatic rings. The first-order valence-corrected chi connectivity index (χ1v) is 9.58. The Kier molecular flexibility index (Phi) is 6.61. The zero-order valence-corrected chi connectivity index (χ0v) is 17.0. The lowest BCUT2D eigenvalue weighted by molar-refractivity contribution is -0.385. The number of nitro groups is 1. The van der Waals surface area contributed by atoms with Crippen molar-refractivity contribution in [2.75, 3.05) is 17.2 Å². The smallest absolute Gasteiger partial charge is 0.273 e. The topological polar surface area (TPSA) is 111 Å². The van der Waals surface area contributed by atoms with Crippen LogP contribution in [0.15, 0.2) is 66.7 Å². The minimum atomic E-state index is -0.524. The molecule has 3 rings (SSSR count). The summed E-state index contributed by atoms with van der Waals surface area (Å²) >= 11 is 0. The molecule has 0 spiro atoms. The SMILES string of the molecule is CCOc1ccc(NC(=O)c2ccc(NC(=O)c3cccc([N+](=O)[O-])c3C)cc2)cc1. The van der Waals surface area contributed by atoms with E-state index in [1.165, 1.54) is 25.1 Å². The maximum absolute atomic E-state index is 12.5. The van der Waals surface area contributed by atoms with Crippen LogP contribution in [0.25, 0.3) is 0 Å². The normalized spacial score (nSPS) is 10.3. The number of nitrogens with zero attached hydrogens (tertiary/aromatic N) is 1. The molecule has 2 amide bonds. The fourth-order valence-electron chi connectivity index (χ4n) is 2.98. The van der Waals surface area contributed by atoms with E-state index in [1.54, 1.807) is 48.5 Å². The molecular formula is C23H21N3O5. The lowest BCUT2D eigenvalue weighted by atomic mass is 10.1. The second-order valence-electron chi connectivity index (χ2n) is 6.65. The molecule has 0 heterocycles. The lowest BCUT2D eigenvalue weighted by Crippen LogP contribution is -2.15. The first-order chi connectivity index (χ1) is 14.9. The van der Waals surface area contributed by atoms with Gasteiger partial charge in [0.1, 0.15) is 5.75 Å². The summed E-state index contributed by atoms with van der Waals surface area (Å²) in [6.45, 7) is 3.99. The molecule has 8 heteroatoms. The van der Waals surface area contributed by atoms with E-state index >= 15 is 0 Å². The van der Waals surface area contributed by atoms with Gasteiger partial charge in [0.2, 0.25) is 0 Å². The third-order valence-corrected chi connectivity index (χ3v) is 4.57. The Hall–Kier alpha value is -4.20. The zero-order chi connectivity index (χ0) is 22.4. The van der Waals surface area contributed by atoms with Gasteiger partial charge in [-0.1, -0.05) is 6.07 Å². The summed E-state index contributed by atoms with van der Waals surface area (Å²) in [6.07, 6.45) is 0. The van der Waals surface area contributed by atoms with Gasteiger partial charge in [-0.25, -0.2) is 0 Å². The molecule has 0 aromatic heterocycles. The van der Waals surface area contributed by atoms with Crippen molar-refractivity contribution in [2.24, 2.45) is 0 Å². The molecule has 0 bridgehead atoms. The van der Waals surface area contributed by atoms with Crippen molar-refractivity contribution >= 4 is 28.9 Å². The average Bonchev–Trinajstić information content (AvgIpc) is 2.75. The van der Waals surface area contributed by atoms with Crippen LogP contribution >= 0.6 is 0 Å². The second-order valence-corrected chi connectivity index (χ2v) is 6.65. The van der Waals surface area contributed by atoms with Crippen molar-refractivity contribution in [3.05, 3.63) is 93.5 Å². The summed E-state index contributed by atoms with van der Waals surface area (Å²) < 4.78 is 5.37. The van der Waals surface area contributed by atoms with Crippen LogP contribution in [0.4, 0.5) is 17.1 Å². The Morgan fingerprint density at radius 2 is 1.48 bits per heavy atom. The Bertz CT molecular complexity index is 1110. The van der Waals surface area contributed by atoms with E-state index < -0.39 is 10.8 Å². The maximum Gasteiger partial charge on any atom is 0.273 e. The van der Waals surface area contributed by atoms with E-state index in [9.17, 15) is 19.7 Å². The van der Waals surface area contributed by atoms with Gasteiger partial charge in [-0.3, -0.25) is 19.7 Å². The summed E-state index contributed by atoms with van der Waals surface area (Å²) in [7, 11) is 0. The molecule has 8 nitrogen and oxygen atoms in total. The number of nitro benzene ring substituents is 1. The van der Waals surface area contributed by atoms with Crippen LogP contribution in [-0.2, 0) is 0 Å². The number of amides is 2. The number of benzene rings is 3. The summed E-state index contributed by atoms with van der Waals surface area (Å²) in [5.74, 6) is -0.0380. The van der Waals surface area contributed by atoms with Crippen molar-refractivity contribution in [2.45, 2.75) is 13.8 Å². The van der Waals surface area contributed by atoms with Crippen molar-refractivity contribution in [1.29, 1.82) is 0 Å². The molecule has 0 radical (unpaired) electrons. The van der Waals surface area contributed by atoms with Crippen molar-refractivity contribution in [1.82, 2.24) is 0 Å². The van der Waals surface area contributed by atoms with E-state index in [-0.39, 0.29) is 22.7 Å². The van der Waals surface area contributed by atoms with Crippen LogP contribution in [0.1, 0.15) is 33.2 Å². The fourth-order valence-corrected chi connectivity index (χ4v) is 2.98. The number of hydrogen-bond donors (Lipinski definition) is 2. The molecule has 31 heavy (non-hydrogen) atoms. The fraction of sp³-hybridized carbons (Fsp3) is 0.130. The molecule has 0 aliphatic carbocycles. The molecule has 3 aromatic carbocycles. The second kappa shape index (κ2) is 9.53. The van der Waals surface area contributed by atoms with E-state index in [4.69, 9.17) is 4.74 Å². The van der Waals surface area contributed by atoms with E-state index in [1.807, 2.05) is 6.92 Å². The number of carbonyl (C=O) groups is 2. The predicted molar refractivity (Wildman–Crippen MR) is 118 cm³/mol. The number of nitrogens with one attached hydrogen (secondary N) is 2. The Morgan fingerprint density at radius 1 is 0.903 bits per heavy atom. The minimum Gasteiger partial charge on any atom is -0.494 e. The molecule has 0 fully saturated rings. The first-order valence-electron chi connectivity index (χ1n) is 9.58. The molecule has 2 N–H and O–H groups in total. The number of rotatable bonds is 7. The monoisotopic (exact) mass is 419 g/mol. The van der Waals surface area contributed by atoms with Crippen molar-refractivity contribution in [3.8, 4) is 5.75 Å². The number of carbonyl (C=O) groups excluding carboxylic acids is 2. The highest BCUT2D eigenvalue weighted by Gasteiger charge is 2.18. The van der Waals surface area contributed by atoms with E-state index in [0.29, 0.717) is 23.5 Å². The Morgan fingerprint density at radius 3 is 2.06 bits per heavy atom.